The van der Waals surface area contributed by atoms with Crippen LogP contribution in [0.25, 0.3) is 0 Å². The maximum Gasteiger partial charge on any atom is 0.509 e. The minimum Gasteiger partial charge on any atom is -0.462 e. The van der Waals surface area contributed by atoms with Gasteiger partial charge >= 0.3 is 72.7 Å². The van der Waals surface area contributed by atoms with Crippen molar-refractivity contribution in [1.82, 2.24) is 0 Å². The van der Waals surface area contributed by atoms with Gasteiger partial charge in [-0.25, -0.2) is 38.4 Å². The Labute approximate surface area is 715 Å². The molecule has 0 aliphatic carbocycles. The summed E-state index contributed by atoms with van der Waals surface area (Å²) < 4.78 is 95.3. The van der Waals surface area contributed by atoms with Crippen molar-refractivity contribution in [2.45, 2.75) is 109 Å². The Balaban J connectivity index is 0. The molecule has 1 fully saturated rings. The highest BCUT2D eigenvalue weighted by atomic mass is 16.8. The molecule has 9 unspecified atom stereocenters. The van der Waals surface area contributed by atoms with Crippen LogP contribution in [0.5, 0.6) is 0 Å². The summed E-state index contributed by atoms with van der Waals surface area (Å²) in [4.78, 5) is 131. The number of aliphatic hydroxyl groups excluding tert-OH is 2. The molecule has 0 aromatic heterocycles. The third-order valence-electron chi connectivity index (χ3n) is 13.8. The normalized spacial score (nSPS) is 13.1. The highest BCUT2D eigenvalue weighted by Crippen LogP contribution is 2.12. The number of methoxy groups -OCH3 is 3. The first kappa shape index (κ1) is 111. The first-order chi connectivity index (χ1) is 58.9. The molecule has 6 rings (SSSR count). The van der Waals surface area contributed by atoms with Crippen molar-refractivity contribution < 1.29 is 162 Å². The summed E-state index contributed by atoms with van der Waals surface area (Å²) >= 11 is 0. The van der Waals surface area contributed by atoms with Gasteiger partial charge in [0.25, 0.3) is 0 Å². The zero-order valence-corrected chi connectivity index (χ0v) is 69.8. The molecule has 5 aromatic rings. The maximum absolute atomic E-state index is 11.9. The number of carbonyl (C=O) groups excluding carboxylic acids is 12. The second-order valence-electron chi connectivity index (χ2n) is 23.4. The van der Waals surface area contributed by atoms with Gasteiger partial charge in [0.05, 0.1) is 57.9 Å². The fourth-order valence-electron chi connectivity index (χ4n) is 7.48. The third-order valence-corrected chi connectivity index (χ3v) is 13.8. The quantitative estimate of drug-likeness (QED) is 0.0212. The van der Waals surface area contributed by atoms with Gasteiger partial charge in [-0.15, -0.1) is 26.3 Å². The minimum atomic E-state index is -0.875. The highest BCUT2D eigenvalue weighted by Gasteiger charge is 2.21. The molecule has 1 saturated heterocycles. The molecule has 2 N–H and O–H groups in total. The summed E-state index contributed by atoms with van der Waals surface area (Å²) in [6, 6.07) is 44.9. The summed E-state index contributed by atoms with van der Waals surface area (Å²) in [7, 11) is 3.54. The zero-order chi connectivity index (χ0) is 92.4. The largest absolute Gasteiger partial charge is 0.509 e. The van der Waals surface area contributed by atoms with Crippen molar-refractivity contribution in [3.8, 4) is 0 Å². The van der Waals surface area contributed by atoms with E-state index in [9.17, 15) is 57.5 Å². The van der Waals surface area contributed by atoms with E-state index in [-0.39, 0.29) is 84.2 Å². The van der Waals surface area contributed by atoms with Crippen molar-refractivity contribution in [2.75, 3.05) is 80.8 Å². The van der Waals surface area contributed by atoms with E-state index < -0.39 is 110 Å². The lowest BCUT2D eigenvalue weighted by Crippen LogP contribution is -2.33. The van der Waals surface area contributed by atoms with Crippen LogP contribution < -0.4 is 0 Å². The Hall–Kier alpha value is -14.0. The molecule has 0 saturated carbocycles. The van der Waals surface area contributed by atoms with Gasteiger partial charge in [-0.2, -0.15) is 0 Å². The van der Waals surface area contributed by atoms with E-state index >= 15 is 0 Å². The number of aliphatic hydroxyl groups is 2. The van der Waals surface area contributed by atoms with E-state index in [4.69, 9.17) is 62.3 Å². The van der Waals surface area contributed by atoms with E-state index in [0.717, 1.165) is 16.7 Å². The molecular weight excluding hydrogens is 1610 g/mol. The molecule has 0 radical (unpaired) electrons. The van der Waals surface area contributed by atoms with Crippen molar-refractivity contribution >= 4 is 72.7 Å². The number of esters is 6. The van der Waals surface area contributed by atoms with E-state index in [1.807, 2.05) is 103 Å². The van der Waals surface area contributed by atoms with Crippen LogP contribution in [0.4, 0.5) is 28.8 Å². The van der Waals surface area contributed by atoms with Crippen molar-refractivity contribution in [2.24, 2.45) is 0 Å². The molecule has 1 aliphatic heterocycles. The number of rotatable bonds is 37. The number of hydrogen-bond donors (Lipinski definition) is 2. The second kappa shape index (κ2) is 72.1. The summed E-state index contributed by atoms with van der Waals surface area (Å²) in [5, 5.41) is 17.8. The molecule has 9 atom stereocenters. The molecule has 34 heteroatoms. The Morgan fingerprint density at radius 1 is 0.341 bits per heavy atom. The Morgan fingerprint density at radius 3 is 0.984 bits per heavy atom. The fourth-order valence-corrected chi connectivity index (χ4v) is 7.48. The third kappa shape index (κ3) is 61.9. The van der Waals surface area contributed by atoms with Crippen LogP contribution in [0.15, 0.2) is 266 Å². The van der Waals surface area contributed by atoms with E-state index in [2.05, 4.69) is 102 Å². The molecule has 1 aliphatic rings. The van der Waals surface area contributed by atoms with Crippen LogP contribution in [0.2, 0.25) is 0 Å². The Morgan fingerprint density at radius 2 is 0.642 bits per heavy atom. The molecule has 5 aromatic carbocycles. The summed E-state index contributed by atoms with van der Waals surface area (Å²) in [6.45, 7) is 37.7. The number of ether oxygens (including phenoxy) is 20. The number of carbonyl (C=O) groups is 12. The molecule has 123 heavy (non-hydrogen) atoms. The summed E-state index contributed by atoms with van der Waals surface area (Å²) in [5.41, 5.74) is 3.43. The topological polar surface area (TPSA) is 430 Å². The minimum absolute atomic E-state index is 0.0262. The van der Waals surface area contributed by atoms with Crippen LogP contribution in [-0.2, 0) is 134 Å². The Kier molecular flexibility index (Phi) is 65.1. The molecule has 34 nitrogen and oxygen atoms in total. The highest BCUT2D eigenvalue weighted by molar-refractivity contribution is 5.90. The molecule has 0 bridgehead atoms. The molecule has 670 valence electrons. The monoisotopic (exact) mass is 1720 g/mol. The van der Waals surface area contributed by atoms with Crippen LogP contribution in [0, 0.1) is 0 Å². The van der Waals surface area contributed by atoms with Crippen LogP contribution in [0.1, 0.15) is 71.5 Å². The first-order valence-corrected chi connectivity index (χ1v) is 37.0. The van der Waals surface area contributed by atoms with Gasteiger partial charge in [0.1, 0.15) is 78.3 Å². The first-order valence-electron chi connectivity index (χ1n) is 37.0. The summed E-state index contributed by atoms with van der Waals surface area (Å²) in [6.07, 6.45) is 3.21. The predicted molar refractivity (Wildman–Crippen MR) is 445 cm³/mol. The molecule has 1 heterocycles. The van der Waals surface area contributed by atoms with Crippen LogP contribution in [-0.4, -0.2) is 219 Å². The van der Waals surface area contributed by atoms with Gasteiger partial charge in [0, 0.05) is 27.2 Å². The molecular formula is C89H110O34. The van der Waals surface area contributed by atoms with Crippen molar-refractivity contribution in [3.63, 3.8) is 0 Å². The van der Waals surface area contributed by atoms with Gasteiger partial charge in [0.2, 0.25) is 0 Å². The Bertz CT molecular complexity index is 3920. The lowest BCUT2D eigenvalue weighted by atomic mass is 10.2. The summed E-state index contributed by atoms with van der Waals surface area (Å²) in [5.74, 6) is -2.53. The van der Waals surface area contributed by atoms with Gasteiger partial charge in [-0.05, 0) is 71.3 Å². The number of hydrogen-bond acceptors (Lipinski definition) is 34. The van der Waals surface area contributed by atoms with Gasteiger partial charge < -0.3 is 105 Å². The van der Waals surface area contributed by atoms with Crippen LogP contribution >= 0.6 is 0 Å². The van der Waals surface area contributed by atoms with Crippen LogP contribution in [0.3, 0.4) is 0 Å². The second-order valence-corrected chi connectivity index (χ2v) is 23.4. The average molecular weight is 1720 g/mol. The zero-order valence-electron chi connectivity index (χ0n) is 69.8. The standard InChI is InChI=1S/C20H20O6.C18H16O4.C12H14O4.C9H14O4.C8H12O6.C8H12O4.C8H12O2.C6H10O4/c1-2-18(26-20(22)24-14-17-11-7-4-8-12-17)15-25-19(21)23-13-16-9-5-3-6-10-16;1-2-16(22-18(20)15-11-7-4-8-12-15)13-21-17(19)14-9-5-3-6-10-14;1-2-11(13)9-16-12(14)15-8-10-6-4-3-5-7-10;1-4-8(6-12-7(3)10)13-9(11)5-2;1-4-6(14-8(10)12-3)5-13-7(9)11-2;1-4-8(12-7(3)10)5-11-6(2)9;1-3-7-5-9-6-8(4-2)10-7;1-3-5(7)4-10-6(8)9-2/h2-12,18H,1,13-15H2;2-12,16H,1,13H2;2-7,11,13H,1,8-9H2;4,8H,1,5-6H2,2-3H3;4,6H,1,5H2,2-3H3;4,8H,1,5H2,2-3H3;3-4,7-8H,1-2,5-6H2;3,5,7H,1,4H2,2H3. The smallest absolute Gasteiger partial charge is 0.462 e. The SMILES string of the molecule is C=CC(COC(=O)OC)OC(=O)OC.C=CC(COC(=O)OCc1ccccc1)OC(=O)OCc1ccccc1.C=CC(COC(=O)c1ccccc1)OC(=O)c1ccccc1.C=CC(COC(C)=O)OC(=O)CC.C=CC(COC(C)=O)OC(C)=O.C=CC(O)COC(=O)OC.C=CC(O)COC(=O)OCc1ccccc1.C=CC1COCC(C=C)O1. The number of benzene rings is 5. The maximum atomic E-state index is 11.9. The van der Waals surface area contributed by atoms with Gasteiger partial charge in [0.15, 0.2) is 30.5 Å². The van der Waals surface area contributed by atoms with E-state index in [0.29, 0.717) is 30.8 Å². The van der Waals surface area contributed by atoms with E-state index in [1.54, 1.807) is 67.6 Å². The van der Waals surface area contributed by atoms with Crippen molar-refractivity contribution in [3.05, 3.63) is 293 Å². The van der Waals surface area contributed by atoms with Gasteiger partial charge in [-0.1, -0.05) is 192 Å². The lowest BCUT2D eigenvalue weighted by Gasteiger charge is -2.25. The van der Waals surface area contributed by atoms with Crippen molar-refractivity contribution in [1.29, 1.82) is 0 Å². The fraction of sp³-hybridized carbons (Fsp3) is 0.326. The average Bonchev–Trinajstić information content (AvgIpc) is 0.900. The molecule has 0 amide bonds. The molecule has 0 spiro atoms. The predicted octanol–water partition coefficient (Wildman–Crippen LogP) is 13.7. The lowest BCUT2D eigenvalue weighted by molar-refractivity contribution is -0.154. The van der Waals surface area contributed by atoms with E-state index in [1.165, 1.54) is 84.6 Å². The van der Waals surface area contributed by atoms with Gasteiger partial charge in [-0.3, -0.25) is 19.2 Å².